The third-order valence-electron chi connectivity index (χ3n) is 7.92. The van der Waals surface area contributed by atoms with Gasteiger partial charge in [-0.15, -0.1) is 0 Å². The third kappa shape index (κ3) is 6.52. The molecule has 3 fully saturated rings. The molecule has 1 unspecified atom stereocenters. The Morgan fingerprint density at radius 3 is 2.52 bits per heavy atom. The quantitative estimate of drug-likeness (QED) is 0.507. The largest absolute Gasteiger partial charge is 0.496 e. The van der Waals surface area contributed by atoms with Crippen LogP contribution in [0.5, 0.6) is 5.75 Å². The van der Waals surface area contributed by atoms with E-state index in [9.17, 15) is 22.8 Å². The molecule has 3 aliphatic heterocycles. The maximum absolute atomic E-state index is 12.8. The molecule has 40 heavy (non-hydrogen) atoms. The van der Waals surface area contributed by atoms with Crippen LogP contribution in [0.1, 0.15) is 52.7 Å². The number of alkyl halides is 3. The molecule has 3 aliphatic rings. The second-order valence-electron chi connectivity index (χ2n) is 10.7. The van der Waals surface area contributed by atoms with Gasteiger partial charge in [0.05, 0.1) is 31.9 Å². The van der Waals surface area contributed by atoms with Gasteiger partial charge in [-0.1, -0.05) is 18.2 Å². The number of amides is 2. The monoisotopic (exact) mass is 561 g/mol. The molecule has 0 saturated carbocycles. The number of nitrogens with one attached hydrogen (secondary N) is 1. The van der Waals surface area contributed by atoms with Crippen LogP contribution >= 0.6 is 0 Å². The van der Waals surface area contributed by atoms with Gasteiger partial charge in [-0.2, -0.15) is 13.2 Å². The summed E-state index contributed by atoms with van der Waals surface area (Å²) in [5.74, 6) is 0.313. The molecule has 2 aromatic carbocycles. The first-order chi connectivity index (χ1) is 19.1. The van der Waals surface area contributed by atoms with Crippen LogP contribution in [-0.4, -0.2) is 73.4 Å². The Hall–Kier alpha value is -3.31. The van der Waals surface area contributed by atoms with E-state index in [1.54, 1.807) is 23.1 Å². The van der Waals surface area contributed by atoms with Gasteiger partial charge in [-0.25, -0.2) is 4.79 Å². The van der Waals surface area contributed by atoms with Gasteiger partial charge in [-0.05, 0) is 42.7 Å². The highest BCUT2D eigenvalue weighted by Gasteiger charge is 2.47. The van der Waals surface area contributed by atoms with Crippen molar-refractivity contribution in [1.82, 2.24) is 15.1 Å². The number of carbonyl (C=O) groups is 2. The predicted octanol–water partition coefficient (Wildman–Crippen LogP) is 4.61. The third-order valence-corrected chi connectivity index (χ3v) is 7.92. The Morgan fingerprint density at radius 2 is 1.88 bits per heavy atom. The van der Waals surface area contributed by atoms with E-state index in [0.717, 1.165) is 42.7 Å². The summed E-state index contributed by atoms with van der Waals surface area (Å²) in [6, 6.07) is 10.4. The zero-order chi connectivity index (χ0) is 28.3. The molecule has 216 valence electrons. The summed E-state index contributed by atoms with van der Waals surface area (Å²) in [6.07, 6.45) is -1.48. The Kier molecular flexibility index (Phi) is 8.23. The van der Waals surface area contributed by atoms with Crippen molar-refractivity contribution in [3.8, 4) is 5.75 Å². The van der Waals surface area contributed by atoms with Crippen molar-refractivity contribution < 1.29 is 37.0 Å². The summed E-state index contributed by atoms with van der Waals surface area (Å²) in [4.78, 5) is 29.2. The molecule has 5 rings (SSSR count). The molecule has 3 saturated heterocycles. The van der Waals surface area contributed by atoms with Crippen molar-refractivity contribution in [2.45, 2.75) is 56.7 Å². The van der Waals surface area contributed by atoms with Crippen molar-refractivity contribution in [3.05, 3.63) is 64.7 Å². The van der Waals surface area contributed by atoms with Crippen LogP contribution in [0.15, 0.2) is 42.5 Å². The van der Waals surface area contributed by atoms with Crippen molar-refractivity contribution in [2.75, 3.05) is 39.9 Å². The van der Waals surface area contributed by atoms with Gasteiger partial charge < -0.3 is 19.5 Å². The molecule has 1 atom stereocenters. The van der Waals surface area contributed by atoms with Crippen LogP contribution in [0.2, 0.25) is 0 Å². The summed E-state index contributed by atoms with van der Waals surface area (Å²) in [5.41, 5.74) is 0.801. The average Bonchev–Trinajstić information content (AvgIpc) is 3.56. The van der Waals surface area contributed by atoms with Gasteiger partial charge >= 0.3 is 12.3 Å². The fraction of sp³-hybridized carbons (Fsp3) is 0.517. The molecule has 0 aromatic heterocycles. The first-order valence-corrected chi connectivity index (χ1v) is 13.6. The summed E-state index contributed by atoms with van der Waals surface area (Å²) in [5, 5.41) is 2.90. The minimum absolute atomic E-state index is 0.0512. The minimum Gasteiger partial charge on any atom is -0.496 e. The molecule has 2 aromatic rings. The number of halogens is 3. The summed E-state index contributed by atoms with van der Waals surface area (Å²) < 4.78 is 55.5. The summed E-state index contributed by atoms with van der Waals surface area (Å²) >= 11 is 0. The van der Waals surface area contributed by atoms with E-state index in [4.69, 9.17) is 14.2 Å². The van der Waals surface area contributed by atoms with Gasteiger partial charge in [-0.3, -0.25) is 14.6 Å². The molecule has 0 radical (unpaired) electrons. The van der Waals surface area contributed by atoms with Gasteiger partial charge in [0.2, 0.25) is 0 Å². The number of nitrogens with zero attached hydrogens (tertiary/aromatic N) is 2. The molecule has 0 bridgehead atoms. The Balaban J connectivity index is 1.14. The van der Waals surface area contributed by atoms with E-state index < -0.39 is 23.4 Å². The lowest BCUT2D eigenvalue weighted by Gasteiger charge is -2.37. The molecular formula is C29H34F3N3O5. The maximum atomic E-state index is 12.8. The molecule has 11 heteroatoms. The molecule has 8 nitrogen and oxygen atoms in total. The van der Waals surface area contributed by atoms with Crippen LogP contribution in [0.3, 0.4) is 0 Å². The number of benzene rings is 2. The van der Waals surface area contributed by atoms with Gasteiger partial charge in [0.15, 0.2) is 0 Å². The van der Waals surface area contributed by atoms with Crippen molar-refractivity contribution in [3.63, 3.8) is 0 Å². The van der Waals surface area contributed by atoms with E-state index >= 15 is 0 Å². The Morgan fingerprint density at radius 1 is 1.12 bits per heavy atom. The van der Waals surface area contributed by atoms with Gasteiger partial charge in [0.1, 0.15) is 11.4 Å². The molecule has 1 spiro atoms. The lowest BCUT2D eigenvalue weighted by molar-refractivity contribution is -0.137. The van der Waals surface area contributed by atoms with E-state index in [2.05, 4.69) is 10.2 Å². The maximum Gasteiger partial charge on any atom is 0.416 e. The highest BCUT2D eigenvalue weighted by Crippen LogP contribution is 2.36. The van der Waals surface area contributed by atoms with E-state index in [0.29, 0.717) is 56.9 Å². The average molecular weight is 562 g/mol. The number of ether oxygens (including phenoxy) is 3. The molecule has 0 aliphatic carbocycles. The Labute approximate surface area is 231 Å². The number of carbonyl (C=O) groups excluding carboxylic acids is 2. The van der Waals surface area contributed by atoms with Gasteiger partial charge in [0, 0.05) is 56.8 Å². The number of methoxy groups -OCH3 is 1. The van der Waals surface area contributed by atoms with Gasteiger partial charge in [0.25, 0.3) is 5.91 Å². The fourth-order valence-corrected chi connectivity index (χ4v) is 5.59. The van der Waals surface area contributed by atoms with Crippen LogP contribution in [0, 0.1) is 0 Å². The SMILES string of the molecule is COc1cc(C(=O)NCC2CCCO2)ccc1CN1CC2(CCN(Cc3ccc(C(F)(F)F)cc3)CC2)OC1=O. The molecular weight excluding hydrogens is 527 g/mol. The first kappa shape index (κ1) is 28.2. The standard InChI is InChI=1S/C29H34F3N3O5/c1-38-25-15-21(26(36)33-16-24-3-2-14-39-24)6-7-22(25)18-35-19-28(40-27(35)37)10-12-34(13-11-28)17-20-4-8-23(9-5-20)29(30,31)32/h4-9,15,24H,2-3,10-14,16-19H2,1H3,(H,33,36). The summed E-state index contributed by atoms with van der Waals surface area (Å²) in [7, 11) is 1.53. The number of hydrogen-bond acceptors (Lipinski definition) is 6. The highest BCUT2D eigenvalue weighted by atomic mass is 19.4. The number of likely N-dealkylation sites (tertiary alicyclic amines) is 1. The van der Waals surface area contributed by atoms with Crippen LogP contribution in [-0.2, 0) is 28.7 Å². The second-order valence-corrected chi connectivity index (χ2v) is 10.7. The van der Waals surface area contributed by atoms with Crippen molar-refractivity contribution in [1.29, 1.82) is 0 Å². The van der Waals surface area contributed by atoms with Crippen molar-refractivity contribution in [2.24, 2.45) is 0 Å². The first-order valence-electron chi connectivity index (χ1n) is 13.6. The number of hydrogen-bond donors (Lipinski definition) is 1. The predicted molar refractivity (Wildman–Crippen MR) is 140 cm³/mol. The normalized spacial score (nSPS) is 21.1. The number of piperidine rings is 1. The highest BCUT2D eigenvalue weighted by molar-refractivity contribution is 5.94. The summed E-state index contributed by atoms with van der Waals surface area (Å²) in [6.45, 7) is 3.79. The fourth-order valence-electron chi connectivity index (χ4n) is 5.59. The zero-order valence-electron chi connectivity index (χ0n) is 22.5. The second kappa shape index (κ2) is 11.7. The molecule has 2 amide bonds. The zero-order valence-corrected chi connectivity index (χ0v) is 22.5. The topological polar surface area (TPSA) is 80.3 Å². The molecule has 3 heterocycles. The lowest BCUT2D eigenvalue weighted by atomic mass is 9.91. The lowest BCUT2D eigenvalue weighted by Crippen LogP contribution is -2.46. The van der Waals surface area contributed by atoms with Crippen molar-refractivity contribution >= 4 is 12.0 Å². The van der Waals surface area contributed by atoms with E-state index in [1.807, 2.05) is 0 Å². The van der Waals surface area contributed by atoms with E-state index in [-0.39, 0.29) is 18.6 Å². The van der Waals surface area contributed by atoms with Crippen LogP contribution in [0.25, 0.3) is 0 Å². The van der Waals surface area contributed by atoms with E-state index in [1.165, 1.54) is 19.2 Å². The van der Waals surface area contributed by atoms with Crippen LogP contribution < -0.4 is 10.1 Å². The number of rotatable bonds is 8. The minimum atomic E-state index is -4.35. The molecule has 1 N–H and O–H groups in total. The van der Waals surface area contributed by atoms with Crippen LogP contribution in [0.4, 0.5) is 18.0 Å². The smallest absolute Gasteiger partial charge is 0.416 e. The Bertz CT molecular complexity index is 1210.